The summed E-state index contributed by atoms with van der Waals surface area (Å²) in [7, 11) is 4.48. The smallest absolute Gasteiger partial charge is 0.446 e. The Kier molecular flexibility index (Phi) is 5.02. The molecule has 1 aromatic rings. The minimum absolute atomic E-state index is 0.274. The van der Waals surface area contributed by atoms with Crippen molar-refractivity contribution in [3.8, 4) is 5.75 Å². The van der Waals surface area contributed by atoms with Crippen molar-refractivity contribution in [2.75, 3.05) is 33.1 Å². The molecule has 3 rings (SSSR count). The van der Waals surface area contributed by atoms with Crippen LogP contribution in [0.25, 0.3) is 0 Å². The summed E-state index contributed by atoms with van der Waals surface area (Å²) in [6.45, 7) is -0.418. The maximum atomic E-state index is 12.8. The number of methoxy groups -OCH3 is 2. The van der Waals surface area contributed by atoms with Crippen molar-refractivity contribution in [1.29, 1.82) is 0 Å². The van der Waals surface area contributed by atoms with Gasteiger partial charge in [0.15, 0.2) is 12.5 Å². The molecular formula is C18H19N4O5+. The number of benzene rings is 1. The predicted molar refractivity (Wildman–Crippen MR) is 97.0 cm³/mol. The second-order valence-electron chi connectivity index (χ2n) is 5.89. The third kappa shape index (κ3) is 3.43. The SMILES string of the molecule is COC1=CC=NC2=[N+](C)C(=O)N(CC(=O)Nc3ccc(OC)cc3)C(=O)C12. The molecule has 2 heterocycles. The molecule has 0 saturated carbocycles. The molecule has 9 heteroatoms. The minimum Gasteiger partial charge on any atom is -0.499 e. The van der Waals surface area contributed by atoms with Gasteiger partial charge in [-0.3, -0.25) is 9.59 Å². The Labute approximate surface area is 155 Å². The number of allylic oxidation sites excluding steroid dienone is 1. The number of dihydropyridines is 1. The molecule has 27 heavy (non-hydrogen) atoms. The quantitative estimate of drug-likeness (QED) is 0.774. The van der Waals surface area contributed by atoms with E-state index in [1.54, 1.807) is 37.5 Å². The molecule has 2 aliphatic heterocycles. The minimum atomic E-state index is -0.850. The normalized spacial score (nSPS) is 18.9. The lowest BCUT2D eigenvalue weighted by Gasteiger charge is -2.27. The molecule has 1 atom stereocenters. The predicted octanol–water partition coefficient (Wildman–Crippen LogP) is 0.868. The van der Waals surface area contributed by atoms with E-state index in [9.17, 15) is 14.4 Å². The number of imide groups is 1. The number of anilines is 1. The van der Waals surface area contributed by atoms with Crippen molar-refractivity contribution in [3.05, 3.63) is 36.1 Å². The first kappa shape index (κ1) is 18.3. The van der Waals surface area contributed by atoms with Gasteiger partial charge in [-0.25, -0.2) is 4.79 Å². The number of aliphatic imine (C=N–C) groups is 1. The molecule has 0 radical (unpaired) electrons. The van der Waals surface area contributed by atoms with Crippen molar-refractivity contribution in [2.45, 2.75) is 0 Å². The second kappa shape index (κ2) is 7.40. The highest BCUT2D eigenvalue weighted by atomic mass is 16.5. The van der Waals surface area contributed by atoms with Crippen LogP contribution in [0.15, 0.2) is 41.1 Å². The fourth-order valence-electron chi connectivity index (χ4n) is 2.88. The Morgan fingerprint density at radius 3 is 2.56 bits per heavy atom. The Hall–Kier alpha value is -3.49. The summed E-state index contributed by atoms with van der Waals surface area (Å²) in [6.07, 6.45) is 3.03. The molecule has 1 unspecified atom stereocenters. The molecule has 0 bridgehead atoms. The number of amides is 4. The second-order valence-corrected chi connectivity index (χ2v) is 5.89. The van der Waals surface area contributed by atoms with Gasteiger partial charge in [-0.05, 0) is 24.3 Å². The van der Waals surface area contributed by atoms with Gasteiger partial charge in [0.25, 0.3) is 11.7 Å². The van der Waals surface area contributed by atoms with E-state index in [4.69, 9.17) is 9.47 Å². The van der Waals surface area contributed by atoms with Crippen LogP contribution in [0.3, 0.4) is 0 Å². The summed E-state index contributed by atoms with van der Waals surface area (Å²) in [5, 5.41) is 2.65. The molecule has 0 saturated heterocycles. The van der Waals surface area contributed by atoms with Crippen LogP contribution < -0.4 is 10.1 Å². The number of carbonyl (C=O) groups is 3. The van der Waals surface area contributed by atoms with Crippen LogP contribution >= 0.6 is 0 Å². The summed E-state index contributed by atoms with van der Waals surface area (Å²) in [4.78, 5) is 42.7. The van der Waals surface area contributed by atoms with E-state index in [-0.39, 0.29) is 5.84 Å². The lowest BCUT2D eigenvalue weighted by Crippen LogP contribution is -2.56. The number of nitrogens with one attached hydrogen (secondary N) is 1. The Balaban J connectivity index is 1.78. The lowest BCUT2D eigenvalue weighted by atomic mass is 9.99. The van der Waals surface area contributed by atoms with Crippen molar-refractivity contribution in [2.24, 2.45) is 10.9 Å². The highest BCUT2D eigenvalue weighted by Gasteiger charge is 2.49. The first-order valence-corrected chi connectivity index (χ1v) is 8.14. The molecule has 0 aliphatic carbocycles. The van der Waals surface area contributed by atoms with Crippen LogP contribution in [0.2, 0.25) is 0 Å². The number of rotatable bonds is 5. The third-order valence-electron chi connectivity index (χ3n) is 4.27. The van der Waals surface area contributed by atoms with Crippen LogP contribution in [0.4, 0.5) is 10.5 Å². The zero-order chi connectivity index (χ0) is 19.6. The molecule has 1 N–H and O–H groups in total. The number of urea groups is 1. The fraction of sp³-hybridized carbons (Fsp3) is 0.278. The number of hydrogen-bond donors (Lipinski definition) is 1. The molecule has 0 aromatic heterocycles. The van der Waals surface area contributed by atoms with Crippen LogP contribution in [0.5, 0.6) is 5.75 Å². The number of fused-ring (bicyclic) bond motifs is 1. The van der Waals surface area contributed by atoms with Gasteiger partial charge >= 0.3 is 11.9 Å². The molecule has 0 fully saturated rings. The van der Waals surface area contributed by atoms with E-state index in [0.29, 0.717) is 17.2 Å². The third-order valence-corrected chi connectivity index (χ3v) is 4.27. The van der Waals surface area contributed by atoms with Gasteiger partial charge in [0.05, 0.1) is 21.3 Å². The number of nitrogens with zero attached hydrogens (tertiary/aromatic N) is 3. The molecule has 0 spiro atoms. The topological polar surface area (TPSA) is 100 Å². The maximum absolute atomic E-state index is 12.8. The molecule has 4 amide bonds. The highest BCUT2D eigenvalue weighted by Crippen LogP contribution is 2.24. The van der Waals surface area contributed by atoms with Crippen LogP contribution in [-0.2, 0) is 14.3 Å². The number of hydrogen-bond acceptors (Lipinski definition) is 6. The molecule has 140 valence electrons. The van der Waals surface area contributed by atoms with E-state index >= 15 is 0 Å². The Bertz CT molecular complexity index is 886. The van der Waals surface area contributed by atoms with E-state index in [2.05, 4.69) is 10.3 Å². The largest absolute Gasteiger partial charge is 0.499 e. The van der Waals surface area contributed by atoms with Crippen molar-refractivity contribution < 1.29 is 28.4 Å². The molecule has 2 aliphatic rings. The summed E-state index contributed by atoms with van der Waals surface area (Å²) in [6, 6.07) is 6.09. The maximum Gasteiger partial charge on any atom is 0.446 e. The van der Waals surface area contributed by atoms with Crippen molar-refractivity contribution in [1.82, 2.24) is 4.90 Å². The van der Waals surface area contributed by atoms with Gasteiger partial charge < -0.3 is 14.8 Å². The molecular weight excluding hydrogens is 352 g/mol. The van der Waals surface area contributed by atoms with E-state index in [1.807, 2.05) is 0 Å². The van der Waals surface area contributed by atoms with Gasteiger partial charge in [0.1, 0.15) is 17.7 Å². The standard InChI is InChI=1S/C18H18N4O5/c1-21-16-15(13(27-3)8-9-19-16)17(24)22(18(21)25)10-14(23)20-11-4-6-12(26-2)7-5-11/h4-9,15H,10H2,1-3H3/p+1. The average molecular weight is 371 g/mol. The monoisotopic (exact) mass is 371 g/mol. The van der Waals surface area contributed by atoms with Gasteiger partial charge in [-0.2, -0.15) is 9.48 Å². The zero-order valence-electron chi connectivity index (χ0n) is 15.1. The summed E-state index contributed by atoms with van der Waals surface area (Å²) >= 11 is 0. The average Bonchev–Trinajstić information content (AvgIpc) is 2.69. The number of amidine groups is 1. The Morgan fingerprint density at radius 1 is 1.22 bits per heavy atom. The lowest BCUT2D eigenvalue weighted by molar-refractivity contribution is -0.408. The summed E-state index contributed by atoms with van der Waals surface area (Å²) in [5.74, 6) is -0.614. The van der Waals surface area contributed by atoms with Crippen LogP contribution in [-0.4, -0.2) is 67.2 Å². The van der Waals surface area contributed by atoms with Crippen LogP contribution in [0.1, 0.15) is 0 Å². The summed E-state index contributed by atoms with van der Waals surface area (Å²) < 4.78 is 11.5. The number of carbonyl (C=O) groups excluding carboxylic acids is 3. The van der Waals surface area contributed by atoms with Gasteiger partial charge in [0, 0.05) is 11.8 Å². The Morgan fingerprint density at radius 2 is 1.93 bits per heavy atom. The van der Waals surface area contributed by atoms with E-state index in [0.717, 1.165) is 4.90 Å². The first-order valence-electron chi connectivity index (χ1n) is 8.14. The zero-order valence-corrected chi connectivity index (χ0v) is 15.1. The molecule has 1 aromatic carbocycles. The molecule has 9 nitrogen and oxygen atoms in total. The number of ether oxygens (including phenoxy) is 2. The highest BCUT2D eigenvalue weighted by molar-refractivity contribution is 6.16. The van der Waals surface area contributed by atoms with Gasteiger partial charge in [-0.15, -0.1) is 4.99 Å². The van der Waals surface area contributed by atoms with Gasteiger partial charge in [-0.1, -0.05) is 0 Å². The van der Waals surface area contributed by atoms with E-state index < -0.39 is 30.3 Å². The van der Waals surface area contributed by atoms with E-state index in [1.165, 1.54) is 24.9 Å². The van der Waals surface area contributed by atoms with Crippen molar-refractivity contribution >= 4 is 35.6 Å². The van der Waals surface area contributed by atoms with Crippen molar-refractivity contribution in [3.63, 3.8) is 0 Å². The fourth-order valence-corrected chi connectivity index (χ4v) is 2.88. The van der Waals surface area contributed by atoms with Gasteiger partial charge in [0.2, 0.25) is 0 Å². The van der Waals surface area contributed by atoms with Crippen LogP contribution in [0, 0.1) is 5.92 Å². The first-order chi connectivity index (χ1) is 13.0. The summed E-state index contributed by atoms with van der Waals surface area (Å²) in [5.41, 5.74) is 0.526.